The second kappa shape index (κ2) is 5.41. The van der Waals surface area contributed by atoms with Crippen LogP contribution in [0.4, 0.5) is 0 Å². The second-order valence-electron chi connectivity index (χ2n) is 1.94. The fourth-order valence-corrected chi connectivity index (χ4v) is 0.840. The lowest BCUT2D eigenvalue weighted by Gasteiger charge is -1.97. The molecule has 0 spiro atoms. The van der Waals surface area contributed by atoms with E-state index in [0.717, 1.165) is 6.29 Å². The van der Waals surface area contributed by atoms with E-state index in [-0.39, 0.29) is 11.2 Å². The van der Waals surface area contributed by atoms with Gasteiger partial charge < -0.3 is 9.90 Å². The predicted molar refractivity (Wildman–Crippen MR) is 40.3 cm³/mol. The number of hydrogen-bond acceptors (Lipinski definition) is 2. The lowest BCUT2D eigenvalue weighted by molar-refractivity contribution is -0.137. The molecule has 0 saturated heterocycles. The molecule has 10 heavy (non-hydrogen) atoms. The highest BCUT2D eigenvalue weighted by Crippen LogP contribution is 2.06. The summed E-state index contributed by atoms with van der Waals surface area (Å²) in [4.78, 5) is 19.8. The molecule has 0 fully saturated rings. The van der Waals surface area contributed by atoms with Gasteiger partial charge in [-0.15, -0.1) is 0 Å². The third-order valence-electron chi connectivity index (χ3n) is 1.02. The molecular formula is C6H9BrO3. The molecule has 0 heterocycles. The summed E-state index contributed by atoms with van der Waals surface area (Å²) in [6.07, 6.45) is 2.04. The molecule has 0 aliphatic carbocycles. The molecule has 0 aliphatic heterocycles. The van der Waals surface area contributed by atoms with Crippen molar-refractivity contribution in [2.24, 2.45) is 0 Å². The number of hydrogen-bond donors (Lipinski definition) is 1. The minimum absolute atomic E-state index is 0.135. The topological polar surface area (TPSA) is 54.4 Å². The highest BCUT2D eigenvalue weighted by atomic mass is 79.9. The van der Waals surface area contributed by atoms with E-state index in [9.17, 15) is 9.59 Å². The van der Waals surface area contributed by atoms with Crippen molar-refractivity contribution in [2.45, 2.75) is 24.1 Å². The molecule has 0 bridgehead atoms. The van der Waals surface area contributed by atoms with E-state index < -0.39 is 5.97 Å². The molecule has 0 aromatic rings. The number of aliphatic carboxylic acids is 1. The highest BCUT2D eigenvalue weighted by Gasteiger charge is 2.02. The zero-order valence-corrected chi connectivity index (χ0v) is 7.00. The number of aldehydes is 1. The number of alkyl halides is 1. The first-order chi connectivity index (χ1) is 4.66. The molecule has 3 nitrogen and oxygen atoms in total. The first-order valence-corrected chi connectivity index (χ1v) is 3.89. The van der Waals surface area contributed by atoms with Crippen molar-refractivity contribution in [2.75, 3.05) is 0 Å². The molecule has 4 heteroatoms. The Bertz CT molecular complexity index is 124. The number of halogens is 1. The Morgan fingerprint density at radius 3 is 2.70 bits per heavy atom. The van der Waals surface area contributed by atoms with E-state index in [1.54, 1.807) is 0 Å². The molecular weight excluding hydrogens is 200 g/mol. The van der Waals surface area contributed by atoms with Crippen LogP contribution < -0.4 is 0 Å². The summed E-state index contributed by atoms with van der Waals surface area (Å²) in [5, 5.41) is 8.20. The summed E-state index contributed by atoms with van der Waals surface area (Å²) < 4.78 is 0. The van der Waals surface area contributed by atoms with Gasteiger partial charge in [-0.25, -0.2) is 0 Å². The number of carboxylic acid groups (broad SMARTS) is 1. The van der Waals surface area contributed by atoms with Gasteiger partial charge in [-0.2, -0.15) is 0 Å². The second-order valence-corrected chi connectivity index (χ2v) is 3.11. The minimum Gasteiger partial charge on any atom is -0.481 e. The first-order valence-electron chi connectivity index (χ1n) is 2.98. The molecule has 0 saturated carbocycles. The molecule has 1 atom stereocenters. The fourth-order valence-electron chi connectivity index (χ4n) is 0.516. The van der Waals surface area contributed by atoms with E-state index in [2.05, 4.69) is 15.9 Å². The number of carbonyl (C=O) groups is 2. The summed E-state index contributed by atoms with van der Waals surface area (Å²) in [5.74, 6) is -0.814. The minimum atomic E-state index is -0.814. The number of carboxylic acids is 1. The number of carbonyl (C=O) groups excluding carboxylic acids is 1. The Balaban J connectivity index is 3.19. The fraction of sp³-hybridized carbons (Fsp3) is 0.667. The Hall–Kier alpha value is -0.380. The molecule has 0 aromatic heterocycles. The van der Waals surface area contributed by atoms with Gasteiger partial charge in [-0.05, 0) is 12.8 Å². The van der Waals surface area contributed by atoms with Crippen LogP contribution >= 0.6 is 15.9 Å². The van der Waals surface area contributed by atoms with E-state index in [1.165, 1.54) is 0 Å². The van der Waals surface area contributed by atoms with Crippen molar-refractivity contribution >= 4 is 28.2 Å². The Kier molecular flexibility index (Phi) is 5.20. The van der Waals surface area contributed by atoms with Crippen LogP contribution in [0.5, 0.6) is 0 Å². The predicted octanol–water partition coefficient (Wildman–Crippen LogP) is 1.20. The maximum Gasteiger partial charge on any atom is 0.303 e. The molecule has 1 N–H and O–H groups in total. The largest absolute Gasteiger partial charge is 0.481 e. The zero-order valence-electron chi connectivity index (χ0n) is 5.42. The van der Waals surface area contributed by atoms with Crippen molar-refractivity contribution in [3.05, 3.63) is 0 Å². The standard InChI is InChI=1S/C6H9BrO3/c7-5(4-8)2-1-3-6(9)10/h4-5H,1-3H2,(H,9,10). The van der Waals surface area contributed by atoms with Crippen molar-refractivity contribution in [1.29, 1.82) is 0 Å². The molecule has 0 aromatic carbocycles. The Labute approximate surface area is 67.5 Å². The maximum absolute atomic E-state index is 9.99. The average molecular weight is 209 g/mol. The SMILES string of the molecule is O=CC(Br)CCCC(=O)O. The van der Waals surface area contributed by atoms with Gasteiger partial charge in [0.15, 0.2) is 0 Å². The van der Waals surface area contributed by atoms with Crippen molar-refractivity contribution in [3.63, 3.8) is 0 Å². The monoisotopic (exact) mass is 208 g/mol. The van der Waals surface area contributed by atoms with E-state index in [0.29, 0.717) is 12.8 Å². The van der Waals surface area contributed by atoms with Gasteiger partial charge in [0.1, 0.15) is 6.29 Å². The van der Waals surface area contributed by atoms with Crippen LogP contribution in [0.2, 0.25) is 0 Å². The van der Waals surface area contributed by atoms with Crippen LogP contribution in [0.25, 0.3) is 0 Å². The summed E-state index contributed by atoms with van der Waals surface area (Å²) in [5.41, 5.74) is 0. The molecule has 58 valence electrons. The highest BCUT2D eigenvalue weighted by molar-refractivity contribution is 9.09. The molecule has 0 radical (unpaired) electrons. The van der Waals surface area contributed by atoms with Crippen LogP contribution in [0.3, 0.4) is 0 Å². The van der Waals surface area contributed by atoms with Crippen molar-refractivity contribution < 1.29 is 14.7 Å². The quantitative estimate of drug-likeness (QED) is 0.546. The zero-order chi connectivity index (χ0) is 7.98. The number of rotatable bonds is 5. The Morgan fingerprint density at radius 2 is 2.30 bits per heavy atom. The first kappa shape index (κ1) is 9.62. The lowest BCUT2D eigenvalue weighted by atomic mass is 10.2. The van der Waals surface area contributed by atoms with Gasteiger partial charge in [0.25, 0.3) is 0 Å². The van der Waals surface area contributed by atoms with Crippen LogP contribution in [-0.4, -0.2) is 22.2 Å². The van der Waals surface area contributed by atoms with E-state index in [1.807, 2.05) is 0 Å². The van der Waals surface area contributed by atoms with Crippen LogP contribution in [-0.2, 0) is 9.59 Å². The van der Waals surface area contributed by atoms with Crippen molar-refractivity contribution in [1.82, 2.24) is 0 Å². The summed E-state index contributed by atoms with van der Waals surface area (Å²) in [6, 6.07) is 0. The van der Waals surface area contributed by atoms with Gasteiger partial charge in [-0.1, -0.05) is 15.9 Å². The van der Waals surface area contributed by atoms with E-state index >= 15 is 0 Å². The average Bonchev–Trinajstić information content (AvgIpc) is 1.87. The van der Waals surface area contributed by atoms with Gasteiger partial charge in [-0.3, -0.25) is 4.79 Å². The molecule has 0 amide bonds. The summed E-state index contributed by atoms with van der Waals surface area (Å²) >= 11 is 3.07. The Morgan fingerprint density at radius 1 is 1.70 bits per heavy atom. The van der Waals surface area contributed by atoms with Gasteiger partial charge in [0, 0.05) is 6.42 Å². The van der Waals surface area contributed by atoms with Crippen LogP contribution in [0.1, 0.15) is 19.3 Å². The molecule has 0 rings (SSSR count). The molecule has 0 aliphatic rings. The maximum atomic E-state index is 9.99. The van der Waals surface area contributed by atoms with Crippen LogP contribution in [0.15, 0.2) is 0 Å². The smallest absolute Gasteiger partial charge is 0.303 e. The van der Waals surface area contributed by atoms with Crippen LogP contribution in [0, 0.1) is 0 Å². The normalized spacial score (nSPS) is 12.5. The summed E-state index contributed by atoms with van der Waals surface area (Å²) in [6.45, 7) is 0. The van der Waals surface area contributed by atoms with Crippen molar-refractivity contribution in [3.8, 4) is 0 Å². The van der Waals surface area contributed by atoms with E-state index in [4.69, 9.17) is 5.11 Å². The van der Waals surface area contributed by atoms with Gasteiger partial charge in [0.2, 0.25) is 0 Å². The summed E-state index contributed by atoms with van der Waals surface area (Å²) in [7, 11) is 0. The third kappa shape index (κ3) is 5.75. The molecule has 1 unspecified atom stereocenters. The van der Waals surface area contributed by atoms with Gasteiger partial charge >= 0.3 is 5.97 Å². The van der Waals surface area contributed by atoms with Gasteiger partial charge in [0.05, 0.1) is 4.83 Å². The lowest BCUT2D eigenvalue weighted by Crippen LogP contribution is -2.01. The third-order valence-corrected chi connectivity index (χ3v) is 1.69.